The van der Waals surface area contributed by atoms with Crippen LogP contribution in [0.3, 0.4) is 0 Å². The molecule has 1 aromatic heterocycles. The number of aromatic nitrogens is 2. The van der Waals surface area contributed by atoms with Crippen molar-refractivity contribution in [3.05, 3.63) is 46.7 Å². The molecular weight excluding hydrogens is 336 g/mol. The number of anilines is 1. The van der Waals surface area contributed by atoms with Gasteiger partial charge in [-0.25, -0.2) is 0 Å². The number of nitrogens with zero attached hydrogens (tertiary/aromatic N) is 3. The van der Waals surface area contributed by atoms with Gasteiger partial charge in [0.2, 0.25) is 0 Å². The molecule has 1 atom stereocenters. The van der Waals surface area contributed by atoms with Crippen LogP contribution in [-0.4, -0.2) is 35.3 Å². The van der Waals surface area contributed by atoms with E-state index in [0.717, 1.165) is 42.2 Å². The summed E-state index contributed by atoms with van der Waals surface area (Å²) in [5.74, 6) is -0.0587. The van der Waals surface area contributed by atoms with Gasteiger partial charge in [-0.05, 0) is 37.6 Å². The largest absolute Gasteiger partial charge is 0.315 e. The van der Waals surface area contributed by atoms with Crippen molar-refractivity contribution in [1.29, 1.82) is 0 Å². The monoisotopic (exact) mass is 358 g/mol. The molecule has 1 saturated heterocycles. The molecular formula is C19H23ClN4O. The summed E-state index contributed by atoms with van der Waals surface area (Å²) in [6.07, 6.45) is 4.16. The molecule has 132 valence electrons. The van der Waals surface area contributed by atoms with Crippen molar-refractivity contribution < 1.29 is 4.79 Å². The van der Waals surface area contributed by atoms with Crippen LogP contribution in [0.2, 0.25) is 5.02 Å². The van der Waals surface area contributed by atoms with Gasteiger partial charge >= 0.3 is 0 Å². The first-order valence-electron chi connectivity index (χ1n) is 8.84. The summed E-state index contributed by atoms with van der Waals surface area (Å²) in [5.41, 5.74) is 2.27. The van der Waals surface area contributed by atoms with Crippen LogP contribution in [0.4, 0.5) is 5.69 Å². The van der Waals surface area contributed by atoms with E-state index in [9.17, 15) is 4.79 Å². The van der Waals surface area contributed by atoms with Gasteiger partial charge in [0.25, 0.3) is 5.91 Å². The molecule has 25 heavy (non-hydrogen) atoms. The number of rotatable bonds is 2. The Morgan fingerprint density at radius 2 is 2.20 bits per heavy atom. The molecule has 6 heteroatoms. The molecule has 1 amide bonds. The highest BCUT2D eigenvalue weighted by molar-refractivity contribution is 6.32. The van der Waals surface area contributed by atoms with Crippen LogP contribution in [0, 0.1) is 0 Å². The Labute approximate surface area is 153 Å². The van der Waals surface area contributed by atoms with Crippen LogP contribution in [0.1, 0.15) is 48.8 Å². The van der Waals surface area contributed by atoms with Gasteiger partial charge in [-0.2, -0.15) is 5.10 Å². The van der Waals surface area contributed by atoms with Crippen LogP contribution in [0.15, 0.2) is 30.5 Å². The number of amides is 1. The molecule has 5 nitrogen and oxygen atoms in total. The Morgan fingerprint density at radius 1 is 1.36 bits per heavy atom. The van der Waals surface area contributed by atoms with Gasteiger partial charge in [0, 0.05) is 41.0 Å². The molecule has 0 aliphatic carbocycles. The topological polar surface area (TPSA) is 50.2 Å². The minimum Gasteiger partial charge on any atom is -0.315 e. The second kappa shape index (κ2) is 6.15. The highest BCUT2D eigenvalue weighted by Crippen LogP contribution is 2.44. The summed E-state index contributed by atoms with van der Waals surface area (Å²) in [5, 5.41) is 8.68. The van der Waals surface area contributed by atoms with E-state index in [1.165, 1.54) is 0 Å². The van der Waals surface area contributed by atoms with E-state index in [0.29, 0.717) is 18.3 Å². The SMILES string of the molecule is CC1(C)CN(C(=O)c2ccn(C3CCCNC3)n2)c2cccc(Cl)c21. The molecule has 2 aliphatic rings. The number of nitrogens with one attached hydrogen (secondary N) is 1. The summed E-state index contributed by atoms with van der Waals surface area (Å²) < 4.78 is 1.93. The fraction of sp³-hybridized carbons (Fsp3) is 0.474. The average Bonchev–Trinajstić information content (AvgIpc) is 3.19. The van der Waals surface area contributed by atoms with E-state index in [4.69, 9.17) is 11.6 Å². The molecule has 0 bridgehead atoms. The van der Waals surface area contributed by atoms with Gasteiger partial charge in [-0.15, -0.1) is 0 Å². The van der Waals surface area contributed by atoms with Crippen molar-refractivity contribution in [3.63, 3.8) is 0 Å². The van der Waals surface area contributed by atoms with Crippen molar-refractivity contribution in [2.45, 2.75) is 38.1 Å². The van der Waals surface area contributed by atoms with Crippen molar-refractivity contribution in [2.75, 3.05) is 24.5 Å². The molecule has 0 spiro atoms. The standard InChI is InChI=1S/C19H23ClN4O/c1-19(2)12-23(16-7-3-6-14(20)17(16)19)18(25)15-8-10-24(22-15)13-5-4-9-21-11-13/h3,6-8,10,13,21H,4-5,9,11-12H2,1-2H3. The van der Waals surface area contributed by atoms with Crippen molar-refractivity contribution >= 4 is 23.2 Å². The maximum Gasteiger partial charge on any atom is 0.278 e. The zero-order chi connectivity index (χ0) is 17.6. The Morgan fingerprint density at radius 3 is 2.96 bits per heavy atom. The molecule has 1 unspecified atom stereocenters. The zero-order valence-electron chi connectivity index (χ0n) is 14.6. The molecule has 1 aromatic carbocycles. The number of piperidine rings is 1. The lowest BCUT2D eigenvalue weighted by Crippen LogP contribution is -2.35. The third-order valence-electron chi connectivity index (χ3n) is 5.23. The van der Waals surface area contributed by atoms with E-state index in [2.05, 4.69) is 24.3 Å². The number of fused-ring (bicyclic) bond motifs is 1. The minimum absolute atomic E-state index is 0.0587. The molecule has 1 fully saturated rings. The highest BCUT2D eigenvalue weighted by atomic mass is 35.5. The van der Waals surface area contributed by atoms with Crippen LogP contribution < -0.4 is 10.2 Å². The third kappa shape index (κ3) is 2.85. The number of carbonyl (C=O) groups excluding carboxylic acids is 1. The normalized spacial score (nSPS) is 22.0. The van der Waals surface area contributed by atoms with E-state index < -0.39 is 0 Å². The Balaban J connectivity index is 1.62. The molecule has 1 N–H and O–H groups in total. The predicted octanol–water partition coefficient (Wildman–Crippen LogP) is 3.40. The van der Waals surface area contributed by atoms with E-state index >= 15 is 0 Å². The fourth-order valence-corrected chi connectivity index (χ4v) is 4.43. The minimum atomic E-state index is -0.167. The lowest BCUT2D eigenvalue weighted by molar-refractivity contribution is 0.0980. The molecule has 0 radical (unpaired) electrons. The smallest absolute Gasteiger partial charge is 0.278 e. The molecule has 2 aromatic rings. The van der Waals surface area contributed by atoms with Crippen LogP contribution in [-0.2, 0) is 5.41 Å². The lowest BCUT2D eigenvalue weighted by atomic mass is 9.87. The van der Waals surface area contributed by atoms with Crippen LogP contribution >= 0.6 is 11.6 Å². The van der Waals surface area contributed by atoms with Gasteiger partial charge in [0.1, 0.15) is 0 Å². The summed E-state index contributed by atoms with van der Waals surface area (Å²) in [6, 6.07) is 7.91. The number of carbonyl (C=O) groups is 1. The van der Waals surface area contributed by atoms with Crippen molar-refractivity contribution in [2.24, 2.45) is 0 Å². The maximum absolute atomic E-state index is 13.1. The van der Waals surface area contributed by atoms with Crippen molar-refractivity contribution in [3.8, 4) is 0 Å². The number of hydrogen-bond donors (Lipinski definition) is 1. The van der Waals surface area contributed by atoms with E-state index in [-0.39, 0.29) is 11.3 Å². The summed E-state index contributed by atoms with van der Waals surface area (Å²) in [7, 11) is 0. The quantitative estimate of drug-likeness (QED) is 0.895. The second-order valence-electron chi connectivity index (χ2n) is 7.59. The highest BCUT2D eigenvalue weighted by Gasteiger charge is 2.40. The van der Waals surface area contributed by atoms with Crippen LogP contribution in [0.25, 0.3) is 0 Å². The second-order valence-corrected chi connectivity index (χ2v) is 8.00. The Hall–Kier alpha value is -1.85. The van der Waals surface area contributed by atoms with Crippen LogP contribution in [0.5, 0.6) is 0 Å². The molecule has 2 aliphatic heterocycles. The first-order chi connectivity index (χ1) is 12.0. The van der Waals surface area contributed by atoms with Gasteiger partial charge in [-0.3, -0.25) is 9.48 Å². The first-order valence-corrected chi connectivity index (χ1v) is 9.22. The predicted molar refractivity (Wildman–Crippen MR) is 99.5 cm³/mol. The average molecular weight is 359 g/mol. The summed E-state index contributed by atoms with van der Waals surface area (Å²) in [4.78, 5) is 14.9. The third-order valence-corrected chi connectivity index (χ3v) is 5.55. The van der Waals surface area contributed by atoms with E-state index in [1.54, 1.807) is 0 Å². The maximum atomic E-state index is 13.1. The molecule has 3 heterocycles. The lowest BCUT2D eigenvalue weighted by Gasteiger charge is -2.23. The first kappa shape index (κ1) is 16.6. The van der Waals surface area contributed by atoms with E-state index in [1.807, 2.05) is 40.0 Å². The van der Waals surface area contributed by atoms with Gasteiger partial charge in [0.05, 0.1) is 6.04 Å². The summed E-state index contributed by atoms with van der Waals surface area (Å²) >= 11 is 6.41. The fourth-order valence-electron chi connectivity index (χ4n) is 4.00. The Bertz CT molecular complexity index is 808. The number of benzene rings is 1. The van der Waals surface area contributed by atoms with Gasteiger partial charge in [-0.1, -0.05) is 31.5 Å². The molecule has 4 rings (SSSR count). The summed E-state index contributed by atoms with van der Waals surface area (Å²) in [6.45, 7) is 6.83. The van der Waals surface area contributed by atoms with Gasteiger partial charge < -0.3 is 10.2 Å². The zero-order valence-corrected chi connectivity index (χ0v) is 15.4. The number of halogens is 1. The Kier molecular flexibility index (Phi) is 4.08. The van der Waals surface area contributed by atoms with Crippen molar-refractivity contribution in [1.82, 2.24) is 15.1 Å². The molecule has 0 saturated carbocycles. The number of hydrogen-bond acceptors (Lipinski definition) is 3. The van der Waals surface area contributed by atoms with Gasteiger partial charge in [0.15, 0.2) is 5.69 Å².